The number of carbonyl (C=O) groups excluding carboxylic acids is 1. The Bertz CT molecular complexity index is 1320. The number of urea groups is 1. The maximum atomic E-state index is 13.6. The summed E-state index contributed by atoms with van der Waals surface area (Å²) >= 11 is 0. The van der Waals surface area contributed by atoms with E-state index in [0.717, 1.165) is 42.1 Å². The molecule has 6 rings (SSSR count). The molecule has 2 fully saturated rings. The van der Waals surface area contributed by atoms with E-state index in [4.69, 9.17) is 19.2 Å². The highest BCUT2D eigenvalue weighted by molar-refractivity contribution is 6.04. The van der Waals surface area contributed by atoms with Gasteiger partial charge in [-0.2, -0.15) is 4.98 Å². The number of hydrogen-bond donors (Lipinski definition) is 1. The molecule has 0 spiro atoms. The monoisotopic (exact) mass is 503 g/mol. The number of amides is 2. The fraction of sp³-hybridized carbons (Fsp3) is 0.423. The van der Waals surface area contributed by atoms with E-state index in [2.05, 4.69) is 25.2 Å². The van der Waals surface area contributed by atoms with Crippen molar-refractivity contribution in [1.29, 1.82) is 0 Å². The van der Waals surface area contributed by atoms with Crippen molar-refractivity contribution in [3.63, 3.8) is 0 Å². The van der Waals surface area contributed by atoms with Crippen LogP contribution in [0.1, 0.15) is 26.0 Å². The van der Waals surface area contributed by atoms with Crippen molar-refractivity contribution in [2.75, 3.05) is 41.4 Å². The second-order valence-corrected chi connectivity index (χ2v) is 9.92. The van der Waals surface area contributed by atoms with Crippen LogP contribution < -0.4 is 19.9 Å². The van der Waals surface area contributed by atoms with Crippen LogP contribution in [0.4, 0.5) is 22.1 Å². The highest BCUT2D eigenvalue weighted by atomic mass is 16.7. The van der Waals surface area contributed by atoms with Gasteiger partial charge in [-0.15, -0.1) is 0 Å². The van der Waals surface area contributed by atoms with Crippen molar-refractivity contribution in [2.45, 2.75) is 45.1 Å². The molecule has 1 N–H and O–H groups in total. The summed E-state index contributed by atoms with van der Waals surface area (Å²) in [6.45, 7) is 8.03. The maximum absolute atomic E-state index is 13.6. The minimum absolute atomic E-state index is 0.0154. The molecule has 2 atom stereocenters. The zero-order chi connectivity index (χ0) is 25.6. The molecule has 3 aromatic rings. The number of carbonyl (C=O) groups is 1. The van der Waals surface area contributed by atoms with Gasteiger partial charge in [-0.25, -0.2) is 9.78 Å². The van der Waals surface area contributed by atoms with E-state index < -0.39 is 5.79 Å². The number of anilines is 3. The molecule has 0 aromatic carbocycles. The fourth-order valence-corrected chi connectivity index (χ4v) is 4.92. The van der Waals surface area contributed by atoms with E-state index in [1.807, 2.05) is 45.0 Å². The third-order valence-electron chi connectivity index (χ3n) is 6.71. The Morgan fingerprint density at radius 3 is 2.86 bits per heavy atom. The standard InChI is InChI=1S/C26H29N7O4/c1-16-4-5-17(10-28-16)20-6-7-21-24(29-20)33(18-8-9-32(21)13-18)25(34)31-22-11-27-12-23(30-22)35-14-19-15-36-26(2,3)37-19/h4-7,10-12,18-19H,8-9,13-15H2,1-3H3,(H,30,31,34)/t18-,19+/m0/s1. The SMILES string of the molecule is Cc1ccc(-c2ccc3c(n2)N(C(=O)Nc2cncc(OC[C@@H]4COC(C)(C)O4)n2)[C@H]2CCN3C2)cn1. The molecule has 6 heterocycles. The summed E-state index contributed by atoms with van der Waals surface area (Å²) in [5.41, 5.74) is 3.55. The third kappa shape index (κ3) is 4.79. The first kappa shape index (κ1) is 23.6. The largest absolute Gasteiger partial charge is 0.474 e. The average Bonchev–Trinajstić information content (AvgIpc) is 3.46. The van der Waals surface area contributed by atoms with Crippen molar-refractivity contribution in [2.24, 2.45) is 0 Å². The molecular formula is C26H29N7O4. The molecule has 11 heteroatoms. The van der Waals surface area contributed by atoms with E-state index in [1.165, 1.54) is 12.4 Å². The highest BCUT2D eigenvalue weighted by Crippen LogP contribution is 2.40. The average molecular weight is 504 g/mol. The quantitative estimate of drug-likeness (QED) is 0.559. The minimum atomic E-state index is -0.625. The van der Waals surface area contributed by atoms with Gasteiger partial charge in [0.25, 0.3) is 0 Å². The second-order valence-electron chi connectivity index (χ2n) is 9.92. The lowest BCUT2D eigenvalue weighted by atomic mass is 10.1. The van der Waals surface area contributed by atoms with Crippen LogP contribution in [0.15, 0.2) is 42.9 Å². The molecule has 2 bridgehead atoms. The van der Waals surface area contributed by atoms with Crippen molar-refractivity contribution in [1.82, 2.24) is 19.9 Å². The van der Waals surface area contributed by atoms with Gasteiger partial charge in [0, 0.05) is 30.5 Å². The first-order chi connectivity index (χ1) is 17.8. The van der Waals surface area contributed by atoms with Crippen LogP contribution in [-0.2, 0) is 9.47 Å². The number of pyridine rings is 2. The predicted molar refractivity (Wildman–Crippen MR) is 137 cm³/mol. The Kier molecular flexibility index (Phi) is 5.88. The topological polar surface area (TPSA) is 115 Å². The number of hydrogen-bond acceptors (Lipinski definition) is 9. The van der Waals surface area contributed by atoms with Crippen LogP contribution in [0.25, 0.3) is 11.3 Å². The Hall–Kier alpha value is -3.83. The van der Waals surface area contributed by atoms with Gasteiger partial charge >= 0.3 is 6.03 Å². The van der Waals surface area contributed by atoms with Crippen LogP contribution in [0.5, 0.6) is 5.88 Å². The van der Waals surface area contributed by atoms with Crippen molar-refractivity contribution < 1.29 is 19.0 Å². The normalized spacial score (nSPS) is 21.6. The van der Waals surface area contributed by atoms with Crippen molar-refractivity contribution in [3.8, 4) is 17.1 Å². The summed E-state index contributed by atoms with van der Waals surface area (Å²) < 4.78 is 17.1. The van der Waals surface area contributed by atoms with Gasteiger partial charge < -0.3 is 19.1 Å². The maximum Gasteiger partial charge on any atom is 0.329 e. The van der Waals surface area contributed by atoms with Crippen molar-refractivity contribution >= 4 is 23.4 Å². The van der Waals surface area contributed by atoms with Gasteiger partial charge in [0.05, 0.1) is 36.4 Å². The smallest absolute Gasteiger partial charge is 0.329 e. The predicted octanol–water partition coefficient (Wildman–Crippen LogP) is 3.40. The first-order valence-electron chi connectivity index (χ1n) is 12.4. The van der Waals surface area contributed by atoms with Crippen LogP contribution in [0.2, 0.25) is 0 Å². The molecule has 2 saturated heterocycles. The Balaban J connectivity index is 1.20. The van der Waals surface area contributed by atoms with E-state index in [0.29, 0.717) is 24.1 Å². The summed E-state index contributed by atoms with van der Waals surface area (Å²) in [5, 5.41) is 2.89. The summed E-state index contributed by atoms with van der Waals surface area (Å²) in [4.78, 5) is 35.5. The molecule has 0 saturated carbocycles. The lowest BCUT2D eigenvalue weighted by Crippen LogP contribution is -2.48. The van der Waals surface area contributed by atoms with Gasteiger partial charge in [0.2, 0.25) is 5.88 Å². The molecule has 3 aromatic heterocycles. The number of fused-ring (bicyclic) bond motifs is 4. The highest BCUT2D eigenvalue weighted by Gasteiger charge is 2.40. The number of nitrogens with one attached hydrogen (secondary N) is 1. The van der Waals surface area contributed by atoms with E-state index in [9.17, 15) is 4.79 Å². The van der Waals surface area contributed by atoms with Gasteiger partial charge in [-0.05, 0) is 51.5 Å². The number of ether oxygens (including phenoxy) is 3. The summed E-state index contributed by atoms with van der Waals surface area (Å²) in [6.07, 6.45) is 5.47. The number of aryl methyl sites for hydroxylation is 1. The lowest BCUT2D eigenvalue weighted by molar-refractivity contribution is -0.141. The summed E-state index contributed by atoms with van der Waals surface area (Å²) in [5.74, 6) is 0.599. The van der Waals surface area contributed by atoms with E-state index in [-0.39, 0.29) is 24.8 Å². The van der Waals surface area contributed by atoms with Crippen LogP contribution >= 0.6 is 0 Å². The Morgan fingerprint density at radius 1 is 1.19 bits per heavy atom. The molecule has 3 aliphatic heterocycles. The molecule has 11 nitrogen and oxygen atoms in total. The van der Waals surface area contributed by atoms with Gasteiger partial charge in [-0.3, -0.25) is 20.2 Å². The van der Waals surface area contributed by atoms with Crippen LogP contribution in [-0.4, -0.2) is 70.2 Å². The molecule has 2 amide bonds. The first-order valence-corrected chi connectivity index (χ1v) is 12.4. The summed E-state index contributed by atoms with van der Waals surface area (Å²) in [6, 6.07) is 7.66. The summed E-state index contributed by atoms with van der Waals surface area (Å²) in [7, 11) is 0. The second kappa shape index (κ2) is 9.24. The Labute approximate surface area is 214 Å². The van der Waals surface area contributed by atoms with Crippen LogP contribution in [0, 0.1) is 6.92 Å². The molecule has 37 heavy (non-hydrogen) atoms. The van der Waals surface area contributed by atoms with E-state index in [1.54, 1.807) is 11.1 Å². The van der Waals surface area contributed by atoms with Crippen LogP contribution in [0.3, 0.4) is 0 Å². The molecule has 3 aliphatic rings. The minimum Gasteiger partial charge on any atom is -0.474 e. The van der Waals surface area contributed by atoms with Gasteiger partial charge in [0.1, 0.15) is 12.7 Å². The number of nitrogens with zero attached hydrogens (tertiary/aromatic N) is 6. The lowest BCUT2D eigenvalue weighted by Gasteiger charge is -2.35. The zero-order valence-electron chi connectivity index (χ0n) is 21.0. The van der Waals surface area contributed by atoms with Crippen molar-refractivity contribution in [3.05, 3.63) is 48.5 Å². The van der Waals surface area contributed by atoms with Gasteiger partial charge in [-0.1, -0.05) is 0 Å². The number of rotatable bonds is 5. The third-order valence-corrected chi connectivity index (χ3v) is 6.71. The molecule has 0 radical (unpaired) electrons. The Morgan fingerprint density at radius 2 is 2.08 bits per heavy atom. The number of aromatic nitrogens is 4. The van der Waals surface area contributed by atoms with Gasteiger partial charge in [0.15, 0.2) is 17.4 Å². The van der Waals surface area contributed by atoms with E-state index >= 15 is 0 Å². The zero-order valence-corrected chi connectivity index (χ0v) is 21.0. The molecule has 0 unspecified atom stereocenters. The molecular weight excluding hydrogens is 474 g/mol. The fourth-order valence-electron chi connectivity index (χ4n) is 4.92. The molecule has 0 aliphatic carbocycles. The molecule has 192 valence electrons.